The molecule has 1 aromatic heterocycles. The van der Waals surface area contributed by atoms with Crippen LogP contribution in [0.15, 0.2) is 30.3 Å². The number of nitrogens with zero attached hydrogens (tertiary/aromatic N) is 2. The summed E-state index contributed by atoms with van der Waals surface area (Å²) < 4.78 is 4.70. The van der Waals surface area contributed by atoms with Gasteiger partial charge in [0.15, 0.2) is 5.69 Å². The highest BCUT2D eigenvalue weighted by Gasteiger charge is 2.31. The number of fused-ring (bicyclic) bond motifs is 1. The zero-order valence-electron chi connectivity index (χ0n) is 12.5. The summed E-state index contributed by atoms with van der Waals surface area (Å²) >= 11 is 0. The Morgan fingerprint density at radius 3 is 2.20 bits per heavy atom. The molecule has 0 radical (unpaired) electrons. The second-order valence-corrected chi connectivity index (χ2v) is 5.51. The molecular formula is C17H21ClN2+2. The molecule has 2 aromatic rings. The minimum atomic E-state index is 0. The predicted octanol–water partition coefficient (Wildman–Crippen LogP) is 3.36. The van der Waals surface area contributed by atoms with Gasteiger partial charge in [0.1, 0.15) is 0 Å². The summed E-state index contributed by atoms with van der Waals surface area (Å²) in [5.41, 5.74) is 7.95. The van der Waals surface area contributed by atoms with Gasteiger partial charge in [0.05, 0.1) is 0 Å². The number of halogens is 1. The SMILES string of the molecule is Cc1cc(C)c([N+]2=Cc3cccc(C)[n+]3C2)c(C)c1.Cl. The van der Waals surface area contributed by atoms with E-state index < -0.39 is 0 Å². The summed E-state index contributed by atoms with van der Waals surface area (Å²) in [6.07, 6.45) is 2.25. The first-order valence-corrected chi connectivity index (χ1v) is 6.75. The molecule has 0 bridgehead atoms. The van der Waals surface area contributed by atoms with Crippen molar-refractivity contribution in [1.82, 2.24) is 0 Å². The smallest absolute Gasteiger partial charge is 0.147 e. The van der Waals surface area contributed by atoms with Crippen LogP contribution in [-0.2, 0) is 6.67 Å². The molecule has 2 heterocycles. The normalized spacial score (nSPS) is 12.7. The largest absolute Gasteiger partial charge is 0.345 e. The van der Waals surface area contributed by atoms with Gasteiger partial charge in [-0.2, -0.15) is 0 Å². The Kier molecular flexibility index (Phi) is 3.96. The number of rotatable bonds is 1. The number of hydrogen-bond donors (Lipinski definition) is 0. The van der Waals surface area contributed by atoms with E-state index in [0.29, 0.717) is 0 Å². The zero-order chi connectivity index (χ0) is 13.6. The van der Waals surface area contributed by atoms with Gasteiger partial charge in [0.2, 0.25) is 11.9 Å². The van der Waals surface area contributed by atoms with Crippen molar-refractivity contribution in [2.45, 2.75) is 34.4 Å². The maximum atomic E-state index is 2.35. The predicted molar refractivity (Wildman–Crippen MR) is 84.4 cm³/mol. The van der Waals surface area contributed by atoms with Gasteiger partial charge in [-0.05, 0) is 39.0 Å². The van der Waals surface area contributed by atoms with Gasteiger partial charge in [-0.3, -0.25) is 0 Å². The van der Waals surface area contributed by atoms with Gasteiger partial charge in [-0.15, -0.1) is 21.5 Å². The first-order valence-electron chi connectivity index (χ1n) is 6.75. The number of hydrogen-bond acceptors (Lipinski definition) is 0. The van der Waals surface area contributed by atoms with Crippen LogP contribution in [-0.4, -0.2) is 10.8 Å². The summed E-state index contributed by atoms with van der Waals surface area (Å²) in [4.78, 5) is 0. The van der Waals surface area contributed by atoms with Crippen molar-refractivity contribution in [3.8, 4) is 0 Å². The van der Waals surface area contributed by atoms with Crippen LogP contribution in [0, 0.1) is 27.7 Å². The molecule has 0 fully saturated rings. The quantitative estimate of drug-likeness (QED) is 0.711. The molecule has 104 valence electrons. The lowest BCUT2D eigenvalue weighted by Gasteiger charge is -2.05. The van der Waals surface area contributed by atoms with Crippen molar-refractivity contribution in [2.75, 3.05) is 0 Å². The van der Waals surface area contributed by atoms with Crippen LogP contribution >= 0.6 is 12.4 Å². The van der Waals surface area contributed by atoms with E-state index in [4.69, 9.17) is 0 Å². The lowest BCUT2D eigenvalue weighted by Crippen LogP contribution is -2.39. The molecule has 1 aromatic carbocycles. The second kappa shape index (κ2) is 5.37. The minimum absolute atomic E-state index is 0. The lowest BCUT2D eigenvalue weighted by molar-refractivity contribution is -0.812. The van der Waals surface area contributed by atoms with Crippen molar-refractivity contribution < 1.29 is 9.14 Å². The van der Waals surface area contributed by atoms with Crippen LogP contribution in [0.1, 0.15) is 28.1 Å². The highest BCUT2D eigenvalue weighted by molar-refractivity contribution is 5.85. The van der Waals surface area contributed by atoms with Crippen molar-refractivity contribution in [3.63, 3.8) is 0 Å². The molecule has 0 amide bonds. The number of pyridine rings is 1. The third-order valence-corrected chi connectivity index (χ3v) is 3.85. The Hall–Kier alpha value is -1.67. The molecule has 0 unspecified atom stereocenters. The van der Waals surface area contributed by atoms with Gasteiger partial charge in [-0.1, -0.05) is 5.56 Å². The van der Waals surface area contributed by atoms with Crippen molar-refractivity contribution >= 4 is 24.3 Å². The molecule has 3 heteroatoms. The molecular weight excluding hydrogens is 268 g/mol. The summed E-state index contributed by atoms with van der Waals surface area (Å²) in [6, 6.07) is 11.0. The molecule has 0 aliphatic carbocycles. The molecule has 3 rings (SSSR count). The van der Waals surface area contributed by atoms with Crippen LogP contribution in [0.25, 0.3) is 0 Å². The van der Waals surface area contributed by atoms with E-state index >= 15 is 0 Å². The van der Waals surface area contributed by atoms with Gasteiger partial charge >= 0.3 is 6.67 Å². The van der Waals surface area contributed by atoms with E-state index in [1.54, 1.807) is 0 Å². The molecule has 0 saturated carbocycles. The Morgan fingerprint density at radius 2 is 1.60 bits per heavy atom. The van der Waals surface area contributed by atoms with E-state index in [9.17, 15) is 0 Å². The molecule has 0 saturated heterocycles. The third kappa shape index (κ3) is 2.36. The average molecular weight is 289 g/mol. The molecule has 2 nitrogen and oxygen atoms in total. The average Bonchev–Trinajstić information content (AvgIpc) is 2.72. The fourth-order valence-corrected chi connectivity index (χ4v) is 3.09. The standard InChI is InChI=1S/C17H20N2.ClH/c1-12-8-13(2)17(14(3)9-12)18-10-16-7-5-6-15(4)19(16)11-18;/h5-10H,11H2,1-4H3;1H/q+2;. The highest BCUT2D eigenvalue weighted by Crippen LogP contribution is 2.25. The first kappa shape index (κ1) is 14.7. The summed E-state index contributed by atoms with van der Waals surface area (Å²) in [5.74, 6) is 0. The van der Waals surface area contributed by atoms with Crippen LogP contribution in [0.2, 0.25) is 0 Å². The van der Waals surface area contributed by atoms with E-state index in [2.05, 4.69) is 73.4 Å². The minimum Gasteiger partial charge on any atom is -0.147 e. The third-order valence-electron chi connectivity index (χ3n) is 3.85. The van der Waals surface area contributed by atoms with E-state index in [0.717, 1.165) is 6.67 Å². The van der Waals surface area contributed by atoms with Crippen LogP contribution in [0.5, 0.6) is 0 Å². The molecule has 1 aliphatic heterocycles. The van der Waals surface area contributed by atoms with Crippen LogP contribution in [0.4, 0.5) is 5.69 Å². The molecule has 1 aliphatic rings. The number of benzene rings is 1. The van der Waals surface area contributed by atoms with Crippen molar-refractivity contribution in [3.05, 3.63) is 58.4 Å². The van der Waals surface area contributed by atoms with E-state index in [1.807, 2.05) is 0 Å². The molecule has 0 spiro atoms. The Labute approximate surface area is 126 Å². The van der Waals surface area contributed by atoms with Crippen LogP contribution < -0.4 is 4.57 Å². The van der Waals surface area contributed by atoms with Gasteiger partial charge in [0, 0.05) is 30.2 Å². The summed E-state index contributed by atoms with van der Waals surface area (Å²) in [5, 5.41) is 0. The van der Waals surface area contributed by atoms with Gasteiger partial charge in [0.25, 0.3) is 5.69 Å². The fourth-order valence-electron chi connectivity index (χ4n) is 3.09. The molecule has 20 heavy (non-hydrogen) atoms. The monoisotopic (exact) mass is 288 g/mol. The Morgan fingerprint density at radius 1 is 0.950 bits per heavy atom. The molecule has 0 atom stereocenters. The number of aryl methyl sites for hydroxylation is 4. The summed E-state index contributed by atoms with van der Waals surface area (Å²) in [7, 11) is 0. The lowest BCUT2D eigenvalue weighted by atomic mass is 10.0. The summed E-state index contributed by atoms with van der Waals surface area (Å²) in [6.45, 7) is 9.63. The van der Waals surface area contributed by atoms with Gasteiger partial charge < -0.3 is 0 Å². The van der Waals surface area contributed by atoms with E-state index in [1.165, 1.54) is 33.8 Å². The number of aromatic nitrogens is 1. The van der Waals surface area contributed by atoms with Crippen LogP contribution in [0.3, 0.4) is 0 Å². The van der Waals surface area contributed by atoms with E-state index in [-0.39, 0.29) is 12.4 Å². The highest BCUT2D eigenvalue weighted by atomic mass is 35.5. The Balaban J connectivity index is 0.00000147. The van der Waals surface area contributed by atoms with Crippen molar-refractivity contribution in [1.29, 1.82) is 0 Å². The first-order chi connectivity index (χ1) is 9.06. The van der Waals surface area contributed by atoms with Gasteiger partial charge in [-0.25, -0.2) is 0 Å². The maximum absolute atomic E-state index is 2.35. The fraction of sp³-hybridized carbons (Fsp3) is 0.294. The zero-order valence-corrected chi connectivity index (χ0v) is 13.3. The topological polar surface area (TPSA) is 6.89 Å². The maximum Gasteiger partial charge on any atom is 0.345 e. The Bertz CT molecular complexity index is 679. The second-order valence-electron chi connectivity index (χ2n) is 5.51. The molecule has 0 N–H and O–H groups in total. The van der Waals surface area contributed by atoms with Crippen molar-refractivity contribution in [2.24, 2.45) is 0 Å².